The van der Waals surface area contributed by atoms with E-state index in [-0.39, 0.29) is 0 Å². The average molecular weight is 421 g/mol. The lowest BCUT2D eigenvalue weighted by molar-refractivity contribution is 1.31. The van der Waals surface area contributed by atoms with Crippen LogP contribution in [0.2, 0.25) is 0 Å². The van der Waals surface area contributed by atoms with Crippen molar-refractivity contribution in [1.29, 1.82) is 0 Å². The van der Waals surface area contributed by atoms with Crippen molar-refractivity contribution in [2.24, 2.45) is 0 Å². The molecule has 0 aliphatic heterocycles. The fourth-order valence-electron chi connectivity index (χ4n) is 4.97. The fraction of sp³-hybridized carbons (Fsp3) is 0.0303. The molecule has 0 atom stereocenters. The van der Waals surface area contributed by atoms with E-state index in [0.29, 0.717) is 0 Å². The second kappa shape index (κ2) is 8.41. The molecular weight excluding hydrogens is 396 g/mol. The molecule has 0 saturated heterocycles. The molecule has 156 valence electrons. The summed E-state index contributed by atoms with van der Waals surface area (Å²) in [6.07, 6.45) is 3.38. The highest BCUT2D eigenvalue weighted by atomic mass is 14.3. The monoisotopic (exact) mass is 420 g/mol. The van der Waals surface area contributed by atoms with Gasteiger partial charge in [-0.2, -0.15) is 0 Å². The molecule has 1 aliphatic rings. The molecule has 0 spiro atoms. The van der Waals surface area contributed by atoms with Gasteiger partial charge in [0.25, 0.3) is 0 Å². The fourth-order valence-corrected chi connectivity index (χ4v) is 4.97. The maximum atomic E-state index is 2.41. The normalized spacial score (nSPS) is 12.3. The minimum absolute atomic E-state index is 0.967. The van der Waals surface area contributed by atoms with Crippen molar-refractivity contribution in [3.8, 4) is 33.4 Å². The summed E-state index contributed by atoms with van der Waals surface area (Å²) in [6.45, 7) is 0. The topological polar surface area (TPSA) is 0 Å². The molecule has 0 N–H and O–H groups in total. The van der Waals surface area contributed by atoms with E-state index in [0.717, 1.165) is 6.42 Å². The number of benzene rings is 5. The zero-order chi connectivity index (χ0) is 22.0. The highest BCUT2D eigenvalue weighted by Crippen LogP contribution is 2.45. The Morgan fingerprint density at radius 1 is 0.394 bits per heavy atom. The van der Waals surface area contributed by atoms with E-state index in [1.807, 2.05) is 0 Å². The van der Waals surface area contributed by atoms with Crippen molar-refractivity contribution < 1.29 is 0 Å². The lowest BCUT2D eigenvalue weighted by atomic mass is 9.85. The smallest absolute Gasteiger partial charge is 0.00134 e. The summed E-state index contributed by atoms with van der Waals surface area (Å²) >= 11 is 0. The van der Waals surface area contributed by atoms with E-state index in [2.05, 4.69) is 133 Å². The van der Waals surface area contributed by atoms with E-state index < -0.39 is 0 Å². The van der Waals surface area contributed by atoms with Crippen LogP contribution in [0, 0.1) is 0 Å². The van der Waals surface area contributed by atoms with Crippen molar-refractivity contribution in [1.82, 2.24) is 0 Å². The second-order valence-corrected chi connectivity index (χ2v) is 8.55. The third-order valence-corrected chi connectivity index (χ3v) is 6.55. The second-order valence-electron chi connectivity index (χ2n) is 8.55. The van der Waals surface area contributed by atoms with Crippen LogP contribution < -0.4 is 0 Å². The standard InChI is InChI=1S/C33H24/c1-4-12-24(13-5-1)28-22-27-20-21-30(26-16-8-3-9-17-26)33(32(27)23-28)31-19-11-10-18-29(31)25-14-6-2-7-15-25/h1-21,23H,22H2. The van der Waals surface area contributed by atoms with E-state index in [1.165, 1.54) is 55.6 Å². The Hall–Kier alpha value is -4.16. The Morgan fingerprint density at radius 2 is 0.909 bits per heavy atom. The van der Waals surface area contributed by atoms with Crippen LogP contribution in [0.15, 0.2) is 127 Å². The molecule has 0 nitrogen and oxygen atoms in total. The first kappa shape index (κ1) is 19.5. The van der Waals surface area contributed by atoms with E-state index in [1.54, 1.807) is 0 Å². The first-order chi connectivity index (χ1) is 16.4. The molecule has 0 heteroatoms. The predicted molar refractivity (Wildman–Crippen MR) is 141 cm³/mol. The largest absolute Gasteiger partial charge is 0.0622 e. The summed E-state index contributed by atoms with van der Waals surface area (Å²) in [7, 11) is 0. The van der Waals surface area contributed by atoms with Crippen LogP contribution in [0.5, 0.6) is 0 Å². The molecule has 0 radical (unpaired) electrons. The minimum atomic E-state index is 0.967. The van der Waals surface area contributed by atoms with Gasteiger partial charge in [0, 0.05) is 0 Å². The van der Waals surface area contributed by atoms with Crippen LogP contribution in [0.1, 0.15) is 16.7 Å². The van der Waals surface area contributed by atoms with Gasteiger partial charge in [-0.3, -0.25) is 0 Å². The Kier molecular flexibility index (Phi) is 4.97. The van der Waals surface area contributed by atoms with Crippen molar-refractivity contribution in [3.05, 3.63) is 144 Å². The summed E-state index contributed by atoms with van der Waals surface area (Å²) in [5, 5.41) is 0. The minimum Gasteiger partial charge on any atom is -0.0622 e. The molecule has 6 rings (SSSR count). The lowest BCUT2D eigenvalue weighted by Gasteiger charge is -2.18. The SMILES string of the molecule is C1=C(c2ccccc2)Cc2ccc(-c3ccccc3)c(-c3ccccc3-c3ccccc3)c21. The highest BCUT2D eigenvalue weighted by Gasteiger charge is 2.22. The number of allylic oxidation sites excluding steroid dienone is 1. The first-order valence-electron chi connectivity index (χ1n) is 11.5. The number of hydrogen-bond acceptors (Lipinski definition) is 0. The molecule has 0 aromatic heterocycles. The first-order valence-corrected chi connectivity index (χ1v) is 11.5. The number of rotatable bonds is 4. The number of hydrogen-bond donors (Lipinski definition) is 0. The van der Waals surface area contributed by atoms with E-state index >= 15 is 0 Å². The average Bonchev–Trinajstić information content (AvgIpc) is 3.34. The molecule has 0 amide bonds. The molecule has 0 unspecified atom stereocenters. The third kappa shape index (κ3) is 3.60. The quantitative estimate of drug-likeness (QED) is 0.272. The summed E-state index contributed by atoms with van der Waals surface area (Å²) in [4.78, 5) is 0. The highest BCUT2D eigenvalue weighted by molar-refractivity contribution is 6.01. The molecule has 5 aromatic carbocycles. The van der Waals surface area contributed by atoms with Gasteiger partial charge < -0.3 is 0 Å². The van der Waals surface area contributed by atoms with Crippen molar-refractivity contribution in [2.45, 2.75) is 6.42 Å². The summed E-state index contributed by atoms with van der Waals surface area (Å²) < 4.78 is 0. The van der Waals surface area contributed by atoms with E-state index in [9.17, 15) is 0 Å². The third-order valence-electron chi connectivity index (χ3n) is 6.55. The summed E-state index contributed by atoms with van der Waals surface area (Å²) in [6, 6.07) is 45.7. The molecular formula is C33H24. The van der Waals surface area contributed by atoms with Gasteiger partial charge in [0.2, 0.25) is 0 Å². The molecule has 1 aliphatic carbocycles. The van der Waals surface area contributed by atoms with Gasteiger partial charge in [0.05, 0.1) is 0 Å². The van der Waals surface area contributed by atoms with Crippen LogP contribution in [-0.2, 0) is 6.42 Å². The van der Waals surface area contributed by atoms with Gasteiger partial charge in [-0.15, -0.1) is 0 Å². The van der Waals surface area contributed by atoms with Crippen LogP contribution >= 0.6 is 0 Å². The molecule has 0 heterocycles. The summed E-state index contributed by atoms with van der Waals surface area (Å²) in [5.41, 5.74) is 13.1. The van der Waals surface area contributed by atoms with Crippen molar-refractivity contribution in [2.75, 3.05) is 0 Å². The van der Waals surface area contributed by atoms with Crippen molar-refractivity contribution >= 4 is 11.6 Å². The van der Waals surface area contributed by atoms with Gasteiger partial charge in [0.15, 0.2) is 0 Å². The van der Waals surface area contributed by atoms with Crippen LogP contribution in [-0.4, -0.2) is 0 Å². The molecule has 0 saturated carbocycles. The predicted octanol–water partition coefficient (Wildman–Crippen LogP) is 8.78. The van der Waals surface area contributed by atoms with Gasteiger partial charge >= 0.3 is 0 Å². The van der Waals surface area contributed by atoms with Gasteiger partial charge in [-0.05, 0) is 68.1 Å². The van der Waals surface area contributed by atoms with Crippen molar-refractivity contribution in [3.63, 3.8) is 0 Å². The Bertz CT molecular complexity index is 1440. The molecule has 0 bridgehead atoms. The van der Waals surface area contributed by atoms with Crippen LogP contribution in [0.25, 0.3) is 45.0 Å². The van der Waals surface area contributed by atoms with Gasteiger partial charge in [0.1, 0.15) is 0 Å². The van der Waals surface area contributed by atoms with Crippen LogP contribution in [0.4, 0.5) is 0 Å². The maximum absolute atomic E-state index is 2.41. The zero-order valence-corrected chi connectivity index (χ0v) is 18.4. The van der Waals surface area contributed by atoms with E-state index in [4.69, 9.17) is 0 Å². The molecule has 0 fully saturated rings. The molecule has 33 heavy (non-hydrogen) atoms. The lowest BCUT2D eigenvalue weighted by Crippen LogP contribution is -1.94. The maximum Gasteiger partial charge on any atom is -0.00134 e. The molecule has 5 aromatic rings. The van der Waals surface area contributed by atoms with Gasteiger partial charge in [-0.25, -0.2) is 0 Å². The van der Waals surface area contributed by atoms with Crippen LogP contribution in [0.3, 0.4) is 0 Å². The summed E-state index contributed by atoms with van der Waals surface area (Å²) in [5.74, 6) is 0. The zero-order valence-electron chi connectivity index (χ0n) is 18.4. The Labute approximate surface area is 195 Å². The number of fused-ring (bicyclic) bond motifs is 1. The Balaban J connectivity index is 1.63. The Morgan fingerprint density at radius 3 is 1.55 bits per heavy atom. The van der Waals surface area contributed by atoms with Gasteiger partial charge in [-0.1, -0.05) is 127 Å².